The number of rotatable bonds is 5. The van der Waals surface area contributed by atoms with E-state index in [9.17, 15) is 0 Å². The summed E-state index contributed by atoms with van der Waals surface area (Å²) in [5.41, 5.74) is 23.8. The minimum absolute atomic E-state index is 0.0191. The summed E-state index contributed by atoms with van der Waals surface area (Å²) < 4.78 is 2.63. The van der Waals surface area contributed by atoms with Gasteiger partial charge < -0.3 is 14.7 Å². The summed E-state index contributed by atoms with van der Waals surface area (Å²) in [4.78, 5) is 7.82. The Morgan fingerprint density at radius 1 is 0.466 bits per heavy atom. The molecule has 2 aliphatic carbocycles. The molecular formula is C68H68BN3S. The lowest BCUT2D eigenvalue weighted by Crippen LogP contribution is -2.62. The smallest absolute Gasteiger partial charge is 0.252 e. The summed E-state index contributed by atoms with van der Waals surface area (Å²) in [5, 5.41) is 2.61. The Bertz CT molecular complexity index is 3700. The summed E-state index contributed by atoms with van der Waals surface area (Å²) >= 11 is 1.89. The highest BCUT2D eigenvalue weighted by atomic mass is 32.1. The van der Waals surface area contributed by atoms with Crippen molar-refractivity contribution in [3.63, 3.8) is 0 Å². The third kappa shape index (κ3) is 7.04. The van der Waals surface area contributed by atoms with Gasteiger partial charge in [-0.2, -0.15) is 0 Å². The number of fused-ring (bicyclic) bond motifs is 9. The van der Waals surface area contributed by atoms with Gasteiger partial charge in [-0.25, -0.2) is 0 Å². The summed E-state index contributed by atoms with van der Waals surface area (Å²) in [5.74, 6) is 0. The van der Waals surface area contributed by atoms with Crippen molar-refractivity contribution in [2.75, 3.05) is 14.7 Å². The van der Waals surface area contributed by atoms with Crippen LogP contribution in [0.4, 0.5) is 51.2 Å². The van der Waals surface area contributed by atoms with Crippen LogP contribution < -0.4 is 31.1 Å². The van der Waals surface area contributed by atoms with E-state index in [1.807, 2.05) is 11.3 Å². The fourth-order valence-electron chi connectivity index (χ4n) is 14.0. The molecule has 0 saturated heterocycles. The maximum absolute atomic E-state index is 2.74. The first-order chi connectivity index (χ1) is 34.7. The normalized spacial score (nSPS) is 17.5. The van der Waals surface area contributed by atoms with E-state index in [1.54, 1.807) is 0 Å². The van der Waals surface area contributed by atoms with Crippen LogP contribution in [-0.4, -0.2) is 6.71 Å². The zero-order valence-corrected chi connectivity index (χ0v) is 45.8. The van der Waals surface area contributed by atoms with Gasteiger partial charge in [0.25, 0.3) is 6.71 Å². The Morgan fingerprint density at radius 2 is 1.01 bits per heavy atom. The van der Waals surface area contributed by atoms with Crippen LogP contribution in [0.5, 0.6) is 0 Å². The Balaban J connectivity index is 1.17. The molecule has 9 aromatic rings. The van der Waals surface area contributed by atoms with Crippen LogP contribution in [0, 0.1) is 6.92 Å². The standard InChI is InChI=1S/C68H68BN3S/c1-42-33-50-53(68(11,12)41-67(50,9)10)39-56(42)72-58-40-52-51(65(5,6)31-32-66(52,7)8)38-55(58)69-54-29-27-47(70(44-21-15-13-16-22-44)45-23-17-14-18-24-45)37-57(54)71(59-34-43(64(2,3)4)35-60(72)63(59)69)46-28-30-62-49(36-46)48-25-19-20-26-61(48)73-62/h13-30,33-40H,31-32,41H2,1-12H3. The number of thiophene rings is 1. The van der Waals surface area contributed by atoms with E-state index in [-0.39, 0.29) is 33.8 Å². The number of para-hydroxylation sites is 2. The molecule has 3 heterocycles. The minimum atomic E-state index is -0.146. The second-order valence-electron chi connectivity index (χ2n) is 25.7. The first-order valence-corrected chi connectivity index (χ1v) is 27.6. The fourth-order valence-corrected chi connectivity index (χ4v) is 15.0. The average Bonchev–Trinajstić information content (AvgIpc) is 3.82. The van der Waals surface area contributed by atoms with Gasteiger partial charge in [0, 0.05) is 71.4 Å². The van der Waals surface area contributed by atoms with Crippen molar-refractivity contribution >= 4 is 106 Å². The quantitative estimate of drug-likeness (QED) is 0.159. The summed E-state index contributed by atoms with van der Waals surface area (Å²) in [7, 11) is 0. The summed E-state index contributed by atoms with van der Waals surface area (Å²) in [6.45, 7) is 29.3. The van der Waals surface area contributed by atoms with Crippen LogP contribution in [0.25, 0.3) is 20.2 Å². The number of hydrogen-bond acceptors (Lipinski definition) is 4. The first-order valence-electron chi connectivity index (χ1n) is 26.8. The zero-order chi connectivity index (χ0) is 50.7. The van der Waals surface area contributed by atoms with Crippen LogP contribution in [0.15, 0.2) is 158 Å². The second kappa shape index (κ2) is 15.7. The highest BCUT2D eigenvalue weighted by Crippen LogP contribution is 2.55. The third-order valence-corrected chi connectivity index (χ3v) is 18.9. The molecule has 2 aliphatic heterocycles. The SMILES string of the molecule is Cc1cc2c(cc1N1c3cc4c(cc3B3c5ccc(N(c6ccccc6)c6ccccc6)cc5N(c5ccc6sc7ccccc7c6c5)c5cc(C(C)(C)C)cc1c53)C(C)(C)CCC4(C)C)C(C)(C)CC2(C)C. The number of benzene rings is 8. The molecule has 3 nitrogen and oxygen atoms in total. The van der Waals surface area contributed by atoms with Gasteiger partial charge >= 0.3 is 0 Å². The van der Waals surface area contributed by atoms with E-state index in [1.165, 1.54) is 104 Å². The molecule has 364 valence electrons. The van der Waals surface area contributed by atoms with Crippen LogP contribution in [0.1, 0.15) is 129 Å². The molecule has 0 spiro atoms. The number of anilines is 9. The van der Waals surface area contributed by atoms with Crippen LogP contribution in [0.2, 0.25) is 0 Å². The van der Waals surface area contributed by atoms with Gasteiger partial charge in [0.1, 0.15) is 0 Å². The molecular weight excluding hydrogens is 902 g/mol. The molecule has 0 radical (unpaired) electrons. The van der Waals surface area contributed by atoms with E-state index >= 15 is 0 Å². The second-order valence-corrected chi connectivity index (χ2v) is 26.7. The van der Waals surface area contributed by atoms with Crippen LogP contribution in [-0.2, 0) is 27.1 Å². The molecule has 0 atom stereocenters. The molecule has 0 bridgehead atoms. The molecule has 4 aliphatic rings. The van der Waals surface area contributed by atoms with E-state index in [4.69, 9.17) is 0 Å². The van der Waals surface area contributed by atoms with Gasteiger partial charge in [0.2, 0.25) is 0 Å². The average molecular weight is 970 g/mol. The first kappa shape index (κ1) is 46.2. The van der Waals surface area contributed by atoms with Gasteiger partial charge in [0.15, 0.2) is 0 Å². The highest BCUT2D eigenvalue weighted by molar-refractivity contribution is 7.25. The topological polar surface area (TPSA) is 9.72 Å². The molecule has 73 heavy (non-hydrogen) atoms. The Hall–Kier alpha value is -6.56. The number of aryl methyl sites for hydroxylation is 1. The Kier molecular flexibility index (Phi) is 9.97. The monoisotopic (exact) mass is 970 g/mol. The highest BCUT2D eigenvalue weighted by Gasteiger charge is 2.49. The Labute approximate surface area is 438 Å². The Morgan fingerprint density at radius 3 is 1.67 bits per heavy atom. The minimum Gasteiger partial charge on any atom is -0.311 e. The van der Waals surface area contributed by atoms with Gasteiger partial charge in [-0.15, -0.1) is 11.3 Å². The maximum Gasteiger partial charge on any atom is 0.252 e. The molecule has 0 N–H and O–H groups in total. The third-order valence-electron chi connectivity index (χ3n) is 17.7. The lowest BCUT2D eigenvalue weighted by molar-refractivity contribution is 0.332. The van der Waals surface area contributed by atoms with Gasteiger partial charge in [-0.3, -0.25) is 0 Å². The van der Waals surface area contributed by atoms with Gasteiger partial charge in [-0.05, 0) is 188 Å². The van der Waals surface area contributed by atoms with Crippen LogP contribution >= 0.6 is 11.3 Å². The molecule has 1 aromatic heterocycles. The molecule has 0 saturated carbocycles. The summed E-state index contributed by atoms with van der Waals surface area (Å²) in [6.07, 6.45) is 3.45. The molecule has 5 heteroatoms. The molecule has 0 unspecified atom stereocenters. The van der Waals surface area contributed by atoms with Crippen molar-refractivity contribution < 1.29 is 0 Å². The maximum atomic E-state index is 2.74. The fraction of sp³-hybridized carbons (Fsp3) is 0.294. The predicted octanol–water partition coefficient (Wildman–Crippen LogP) is 17.5. The van der Waals surface area contributed by atoms with E-state index in [0.717, 1.165) is 36.3 Å². The van der Waals surface area contributed by atoms with Gasteiger partial charge in [-0.1, -0.05) is 149 Å². The lowest BCUT2D eigenvalue weighted by Gasteiger charge is -2.48. The molecule has 8 aromatic carbocycles. The van der Waals surface area contributed by atoms with E-state index in [2.05, 4.69) is 256 Å². The summed E-state index contributed by atoms with van der Waals surface area (Å²) in [6, 6.07) is 61.1. The lowest BCUT2D eigenvalue weighted by atomic mass is 9.33. The molecule has 13 rings (SSSR count). The number of nitrogens with zero attached hydrogens (tertiary/aromatic N) is 3. The van der Waals surface area contributed by atoms with E-state index in [0.29, 0.717) is 0 Å². The number of hydrogen-bond donors (Lipinski definition) is 0. The van der Waals surface area contributed by atoms with Crippen molar-refractivity contribution in [2.24, 2.45) is 0 Å². The van der Waals surface area contributed by atoms with Crippen LogP contribution in [0.3, 0.4) is 0 Å². The molecule has 0 amide bonds. The van der Waals surface area contributed by atoms with Crippen molar-refractivity contribution in [3.05, 3.63) is 191 Å². The van der Waals surface area contributed by atoms with Crippen molar-refractivity contribution in [1.82, 2.24) is 0 Å². The zero-order valence-electron chi connectivity index (χ0n) is 45.0. The largest absolute Gasteiger partial charge is 0.311 e. The van der Waals surface area contributed by atoms with Gasteiger partial charge in [0.05, 0.1) is 0 Å². The predicted molar refractivity (Wildman–Crippen MR) is 317 cm³/mol. The molecule has 0 fully saturated rings. The van der Waals surface area contributed by atoms with E-state index < -0.39 is 0 Å². The van der Waals surface area contributed by atoms with Crippen molar-refractivity contribution in [3.8, 4) is 0 Å². The van der Waals surface area contributed by atoms with Crippen molar-refractivity contribution in [1.29, 1.82) is 0 Å². The van der Waals surface area contributed by atoms with Crippen molar-refractivity contribution in [2.45, 2.75) is 129 Å².